The Morgan fingerprint density at radius 1 is 1.26 bits per heavy atom. The van der Waals surface area contributed by atoms with Crippen LogP contribution in [0.4, 0.5) is 10.1 Å². The van der Waals surface area contributed by atoms with Crippen molar-refractivity contribution in [2.24, 2.45) is 0 Å². The second-order valence-corrected chi connectivity index (χ2v) is 3.63. The second-order valence-electron chi connectivity index (χ2n) is 3.63. The van der Waals surface area contributed by atoms with E-state index in [0.29, 0.717) is 6.61 Å². The molecule has 0 aliphatic heterocycles. The molecule has 0 radical (unpaired) electrons. The number of esters is 1. The van der Waals surface area contributed by atoms with Gasteiger partial charge >= 0.3 is 11.9 Å². The van der Waals surface area contributed by atoms with Gasteiger partial charge in [-0.15, -0.1) is 0 Å². The molecule has 0 saturated heterocycles. The van der Waals surface area contributed by atoms with Gasteiger partial charge in [-0.05, 0) is 26.0 Å². The first-order valence-corrected chi connectivity index (χ1v) is 5.88. The van der Waals surface area contributed by atoms with E-state index in [1.165, 1.54) is 19.2 Å². The monoisotopic (exact) mass is 269 g/mol. The zero-order chi connectivity index (χ0) is 14.4. The first kappa shape index (κ1) is 14.9. The lowest BCUT2D eigenvalue weighted by Gasteiger charge is -2.16. The second kappa shape index (κ2) is 6.72. The number of halogens is 1. The normalized spacial score (nSPS) is 9.89. The van der Waals surface area contributed by atoms with Gasteiger partial charge in [-0.2, -0.15) is 0 Å². The number of amides is 1. The minimum Gasteiger partial charge on any atom is -0.491 e. The molecule has 6 heteroatoms. The molecule has 5 nitrogen and oxygen atoms in total. The molecule has 0 bridgehead atoms. The lowest BCUT2D eigenvalue weighted by Crippen LogP contribution is -2.34. The summed E-state index contributed by atoms with van der Waals surface area (Å²) in [6, 6.07) is 4.02. The fraction of sp³-hybridized carbons (Fsp3) is 0.385. The van der Waals surface area contributed by atoms with Crippen LogP contribution >= 0.6 is 0 Å². The van der Waals surface area contributed by atoms with Gasteiger partial charge in [0.05, 0.1) is 13.2 Å². The van der Waals surface area contributed by atoms with Crippen molar-refractivity contribution in [2.75, 3.05) is 25.2 Å². The summed E-state index contributed by atoms with van der Waals surface area (Å²) in [5, 5.41) is 0. The number of hydrogen-bond donors (Lipinski definition) is 0. The van der Waals surface area contributed by atoms with Gasteiger partial charge in [0.2, 0.25) is 0 Å². The van der Waals surface area contributed by atoms with Crippen LogP contribution in [0.25, 0.3) is 0 Å². The molecule has 1 rings (SSSR count). The molecule has 0 atom stereocenters. The van der Waals surface area contributed by atoms with Gasteiger partial charge in [0.25, 0.3) is 0 Å². The lowest BCUT2D eigenvalue weighted by molar-refractivity contribution is -0.153. The minimum absolute atomic E-state index is 0.100. The van der Waals surface area contributed by atoms with E-state index in [4.69, 9.17) is 4.74 Å². The topological polar surface area (TPSA) is 55.8 Å². The molecule has 1 amide bonds. The van der Waals surface area contributed by atoms with Crippen LogP contribution in [0.1, 0.15) is 13.8 Å². The van der Waals surface area contributed by atoms with Crippen LogP contribution < -0.4 is 9.64 Å². The summed E-state index contributed by atoms with van der Waals surface area (Å²) >= 11 is 0. The molecule has 0 aliphatic carbocycles. The van der Waals surface area contributed by atoms with E-state index < -0.39 is 17.7 Å². The molecule has 1 aromatic carbocycles. The maximum absolute atomic E-state index is 13.6. The van der Waals surface area contributed by atoms with Gasteiger partial charge in [0.1, 0.15) is 0 Å². The average Bonchev–Trinajstić information content (AvgIpc) is 2.40. The van der Waals surface area contributed by atoms with Crippen LogP contribution in [0.3, 0.4) is 0 Å². The Morgan fingerprint density at radius 2 is 1.95 bits per heavy atom. The summed E-state index contributed by atoms with van der Waals surface area (Å²) in [7, 11) is 1.37. The van der Waals surface area contributed by atoms with Crippen molar-refractivity contribution in [3.8, 4) is 5.75 Å². The number of carbonyl (C=O) groups excluding carboxylic acids is 2. The highest BCUT2D eigenvalue weighted by molar-refractivity contribution is 6.37. The number of rotatable bonds is 4. The van der Waals surface area contributed by atoms with Gasteiger partial charge in [0.15, 0.2) is 11.6 Å². The van der Waals surface area contributed by atoms with Gasteiger partial charge in [0, 0.05) is 18.8 Å². The molecule has 0 aliphatic rings. The Hall–Kier alpha value is -2.11. The third-order valence-electron chi connectivity index (χ3n) is 2.36. The third-order valence-corrected chi connectivity index (χ3v) is 2.36. The van der Waals surface area contributed by atoms with Crippen molar-refractivity contribution in [1.29, 1.82) is 0 Å². The highest BCUT2D eigenvalue weighted by Crippen LogP contribution is 2.23. The van der Waals surface area contributed by atoms with Crippen LogP contribution in [0.15, 0.2) is 18.2 Å². The Balaban J connectivity index is 2.88. The maximum atomic E-state index is 13.6. The molecule has 0 N–H and O–H groups in total. The number of benzene rings is 1. The molecule has 0 unspecified atom stereocenters. The van der Waals surface area contributed by atoms with Gasteiger partial charge in [-0.3, -0.25) is 4.79 Å². The smallest absolute Gasteiger partial charge is 0.397 e. The first-order valence-electron chi connectivity index (χ1n) is 5.88. The van der Waals surface area contributed by atoms with Crippen molar-refractivity contribution in [3.63, 3.8) is 0 Å². The Kier molecular flexibility index (Phi) is 5.29. The Morgan fingerprint density at radius 3 is 2.47 bits per heavy atom. The number of nitrogens with zero attached hydrogens (tertiary/aromatic N) is 1. The molecule has 0 spiro atoms. The molecular formula is C13H16FNO4. The van der Waals surface area contributed by atoms with Crippen molar-refractivity contribution in [2.45, 2.75) is 13.8 Å². The average molecular weight is 269 g/mol. The van der Waals surface area contributed by atoms with Crippen LogP contribution in [0, 0.1) is 5.82 Å². The summed E-state index contributed by atoms with van der Waals surface area (Å²) in [6.07, 6.45) is 0. The van der Waals surface area contributed by atoms with Crippen molar-refractivity contribution in [1.82, 2.24) is 0 Å². The summed E-state index contributed by atoms with van der Waals surface area (Å²) in [4.78, 5) is 24.0. The Labute approximate surface area is 110 Å². The van der Waals surface area contributed by atoms with Crippen LogP contribution in [-0.4, -0.2) is 32.1 Å². The molecule has 1 aromatic rings. The molecule has 0 saturated carbocycles. The molecule has 0 fully saturated rings. The molecular weight excluding hydrogens is 253 g/mol. The van der Waals surface area contributed by atoms with Crippen molar-refractivity contribution < 1.29 is 23.5 Å². The van der Waals surface area contributed by atoms with Gasteiger partial charge in [-0.1, -0.05) is 0 Å². The predicted octanol–water partition coefficient (Wildman–Crippen LogP) is 1.75. The van der Waals surface area contributed by atoms with E-state index >= 15 is 0 Å². The van der Waals surface area contributed by atoms with Gasteiger partial charge < -0.3 is 14.4 Å². The summed E-state index contributed by atoms with van der Waals surface area (Å²) < 4.78 is 23.3. The number of carbonyl (C=O) groups is 2. The van der Waals surface area contributed by atoms with E-state index in [0.717, 1.165) is 11.0 Å². The quantitative estimate of drug-likeness (QED) is 0.617. The predicted molar refractivity (Wildman–Crippen MR) is 67.6 cm³/mol. The van der Waals surface area contributed by atoms with Crippen molar-refractivity contribution in [3.05, 3.63) is 24.0 Å². The molecule has 0 heterocycles. The standard InChI is InChI=1S/C13H16FNO4/c1-4-18-11-7-6-9(8-10(11)14)15(3)12(16)13(17)19-5-2/h6-8H,4-5H2,1-3H3. The van der Waals surface area contributed by atoms with E-state index in [1.807, 2.05) is 0 Å². The van der Waals surface area contributed by atoms with Crippen LogP contribution in [0.2, 0.25) is 0 Å². The van der Waals surface area contributed by atoms with Gasteiger partial charge in [-0.25, -0.2) is 9.18 Å². The number of ether oxygens (including phenoxy) is 2. The number of hydrogen-bond acceptors (Lipinski definition) is 4. The lowest BCUT2D eigenvalue weighted by atomic mass is 10.2. The fourth-order valence-electron chi connectivity index (χ4n) is 1.42. The van der Waals surface area contributed by atoms with E-state index in [2.05, 4.69) is 4.74 Å². The third kappa shape index (κ3) is 3.67. The molecule has 104 valence electrons. The van der Waals surface area contributed by atoms with Crippen LogP contribution in [0.5, 0.6) is 5.75 Å². The minimum atomic E-state index is -0.973. The zero-order valence-corrected chi connectivity index (χ0v) is 11.1. The van der Waals surface area contributed by atoms with Crippen LogP contribution in [-0.2, 0) is 14.3 Å². The van der Waals surface area contributed by atoms with Crippen molar-refractivity contribution >= 4 is 17.6 Å². The number of anilines is 1. The molecule has 0 aromatic heterocycles. The maximum Gasteiger partial charge on any atom is 0.397 e. The highest BCUT2D eigenvalue weighted by Gasteiger charge is 2.21. The summed E-state index contributed by atoms with van der Waals surface area (Å²) in [5.41, 5.74) is 0.249. The highest BCUT2D eigenvalue weighted by atomic mass is 19.1. The molecule has 19 heavy (non-hydrogen) atoms. The van der Waals surface area contributed by atoms with E-state index in [9.17, 15) is 14.0 Å². The first-order chi connectivity index (χ1) is 9.01. The Bertz CT molecular complexity index is 476. The summed E-state index contributed by atoms with van der Waals surface area (Å²) in [6.45, 7) is 3.79. The fourth-order valence-corrected chi connectivity index (χ4v) is 1.42. The largest absolute Gasteiger partial charge is 0.491 e. The van der Waals surface area contributed by atoms with E-state index in [-0.39, 0.29) is 18.0 Å². The van der Waals surface area contributed by atoms with E-state index in [1.54, 1.807) is 13.8 Å². The summed E-state index contributed by atoms with van der Waals surface area (Å²) in [5.74, 6) is -2.32. The number of likely N-dealkylation sites (N-methyl/N-ethyl adjacent to an activating group) is 1. The zero-order valence-electron chi connectivity index (χ0n) is 11.1. The SMILES string of the molecule is CCOC(=O)C(=O)N(C)c1ccc(OCC)c(F)c1.